The second-order valence-corrected chi connectivity index (χ2v) is 5.18. The summed E-state index contributed by atoms with van der Waals surface area (Å²) in [6.07, 6.45) is 2.34. The van der Waals surface area contributed by atoms with Crippen molar-refractivity contribution in [3.63, 3.8) is 0 Å². The summed E-state index contributed by atoms with van der Waals surface area (Å²) in [5.41, 5.74) is 7.31. The molecule has 1 nitrogen and oxygen atoms in total. The van der Waals surface area contributed by atoms with E-state index in [0.29, 0.717) is 5.92 Å². The van der Waals surface area contributed by atoms with Crippen LogP contribution in [0.15, 0.2) is 5.38 Å². The lowest BCUT2D eigenvalue weighted by atomic mass is 9.96. The number of thiophene rings is 1. The van der Waals surface area contributed by atoms with Crippen LogP contribution in [0.4, 0.5) is 0 Å². The fourth-order valence-electron chi connectivity index (χ4n) is 1.57. The largest absolute Gasteiger partial charge is 0.323 e. The second kappa shape index (κ2) is 5.15. The van der Waals surface area contributed by atoms with Crippen LogP contribution in [0.25, 0.3) is 0 Å². The van der Waals surface area contributed by atoms with Crippen LogP contribution < -0.4 is 5.73 Å². The molecule has 0 aromatic carbocycles. The smallest absolute Gasteiger partial charge is 0.0590 e. The first-order valence-electron chi connectivity index (χ1n) is 5.07. The number of hydrogen-bond donors (Lipinski definition) is 1. The van der Waals surface area contributed by atoms with Crippen molar-refractivity contribution < 1.29 is 0 Å². The van der Waals surface area contributed by atoms with Crippen molar-refractivity contribution in [2.75, 3.05) is 0 Å². The molecule has 3 heteroatoms. The average Bonchev–Trinajstić information content (AvgIpc) is 2.47. The molecule has 0 saturated heterocycles. The minimum Gasteiger partial charge on any atom is -0.323 e. The van der Waals surface area contributed by atoms with Crippen LogP contribution >= 0.6 is 22.9 Å². The monoisotopic (exact) mass is 231 g/mol. The fraction of sp³-hybridized carbons (Fsp3) is 0.636. The molecule has 0 aliphatic heterocycles. The highest BCUT2D eigenvalue weighted by Gasteiger charge is 2.19. The molecule has 0 radical (unpaired) electrons. The third kappa shape index (κ3) is 2.50. The number of halogens is 1. The third-order valence-electron chi connectivity index (χ3n) is 2.59. The van der Waals surface area contributed by atoms with Gasteiger partial charge in [0.1, 0.15) is 0 Å². The molecule has 1 heterocycles. The molecule has 2 N–H and O–H groups in total. The highest BCUT2D eigenvalue weighted by atomic mass is 35.5. The van der Waals surface area contributed by atoms with E-state index in [1.165, 1.54) is 6.42 Å². The van der Waals surface area contributed by atoms with Crippen LogP contribution in [0.5, 0.6) is 0 Å². The van der Waals surface area contributed by atoms with Crippen molar-refractivity contribution in [3.05, 3.63) is 20.8 Å². The van der Waals surface area contributed by atoms with Gasteiger partial charge in [-0.15, -0.1) is 11.3 Å². The molecule has 1 rings (SSSR count). The fourth-order valence-corrected chi connectivity index (χ4v) is 3.02. The minimum atomic E-state index is 0.0983. The van der Waals surface area contributed by atoms with Crippen molar-refractivity contribution in [3.8, 4) is 0 Å². The lowest BCUT2D eigenvalue weighted by molar-refractivity contribution is 0.438. The SMILES string of the molecule is CCCC(C)C(N)c1scc(C)c1Cl. The lowest BCUT2D eigenvalue weighted by Gasteiger charge is -2.18. The molecule has 2 atom stereocenters. The Bertz CT molecular complexity index is 295. The van der Waals surface area contributed by atoms with Crippen molar-refractivity contribution in [2.45, 2.75) is 39.7 Å². The Morgan fingerprint density at radius 3 is 2.64 bits per heavy atom. The van der Waals surface area contributed by atoms with Gasteiger partial charge in [0.05, 0.1) is 5.02 Å². The van der Waals surface area contributed by atoms with Crippen LogP contribution in [0.2, 0.25) is 5.02 Å². The molecule has 0 fully saturated rings. The van der Waals surface area contributed by atoms with Crippen LogP contribution in [0.1, 0.15) is 43.2 Å². The van der Waals surface area contributed by atoms with Gasteiger partial charge >= 0.3 is 0 Å². The molecular weight excluding hydrogens is 214 g/mol. The van der Waals surface area contributed by atoms with Gasteiger partial charge < -0.3 is 5.73 Å². The molecule has 14 heavy (non-hydrogen) atoms. The molecule has 80 valence electrons. The predicted molar refractivity (Wildman–Crippen MR) is 65.1 cm³/mol. The van der Waals surface area contributed by atoms with E-state index in [0.717, 1.165) is 21.9 Å². The number of aryl methyl sites for hydroxylation is 1. The highest BCUT2D eigenvalue weighted by molar-refractivity contribution is 7.10. The molecule has 1 aromatic rings. The van der Waals surface area contributed by atoms with Crippen molar-refractivity contribution in [2.24, 2.45) is 11.7 Å². The van der Waals surface area contributed by atoms with E-state index in [1.54, 1.807) is 11.3 Å². The molecule has 2 unspecified atom stereocenters. The quantitative estimate of drug-likeness (QED) is 0.828. The topological polar surface area (TPSA) is 26.0 Å². The Kier molecular flexibility index (Phi) is 4.42. The summed E-state index contributed by atoms with van der Waals surface area (Å²) in [6.45, 7) is 6.41. The maximum absolute atomic E-state index is 6.18. The Balaban J connectivity index is 2.78. The zero-order chi connectivity index (χ0) is 10.7. The van der Waals surface area contributed by atoms with Gasteiger partial charge in [0.15, 0.2) is 0 Å². The van der Waals surface area contributed by atoms with E-state index in [9.17, 15) is 0 Å². The summed E-state index contributed by atoms with van der Waals surface area (Å²) >= 11 is 7.86. The first kappa shape index (κ1) is 12.0. The summed E-state index contributed by atoms with van der Waals surface area (Å²) in [7, 11) is 0. The summed E-state index contributed by atoms with van der Waals surface area (Å²) in [4.78, 5) is 1.14. The normalized spacial score (nSPS) is 15.5. The Labute approximate surface area is 95.3 Å². The van der Waals surface area contributed by atoms with Gasteiger partial charge in [0.25, 0.3) is 0 Å². The molecule has 0 spiro atoms. The van der Waals surface area contributed by atoms with Crippen LogP contribution in [-0.2, 0) is 0 Å². The van der Waals surface area contributed by atoms with Crippen molar-refractivity contribution in [1.82, 2.24) is 0 Å². The standard InChI is InChI=1S/C11H18ClNS/c1-4-5-7(2)10(13)11-9(12)8(3)6-14-11/h6-7,10H,4-5,13H2,1-3H3. The molecule has 0 aliphatic rings. The molecule has 0 aliphatic carbocycles. The van der Waals surface area contributed by atoms with Gasteiger partial charge in [-0.25, -0.2) is 0 Å². The van der Waals surface area contributed by atoms with E-state index >= 15 is 0 Å². The van der Waals surface area contributed by atoms with Gasteiger partial charge in [0.2, 0.25) is 0 Å². The zero-order valence-corrected chi connectivity index (χ0v) is 10.6. The van der Waals surface area contributed by atoms with Gasteiger partial charge in [-0.2, -0.15) is 0 Å². The average molecular weight is 232 g/mol. The molecule has 0 saturated carbocycles. The lowest BCUT2D eigenvalue weighted by Crippen LogP contribution is -2.18. The van der Waals surface area contributed by atoms with E-state index in [4.69, 9.17) is 17.3 Å². The highest BCUT2D eigenvalue weighted by Crippen LogP contribution is 2.35. The van der Waals surface area contributed by atoms with Crippen LogP contribution in [0.3, 0.4) is 0 Å². The number of nitrogens with two attached hydrogens (primary N) is 1. The summed E-state index contributed by atoms with van der Waals surface area (Å²) < 4.78 is 0. The van der Waals surface area contributed by atoms with E-state index in [-0.39, 0.29) is 6.04 Å². The molecule has 1 aromatic heterocycles. The third-order valence-corrected chi connectivity index (χ3v) is 4.40. The first-order chi connectivity index (χ1) is 6.57. The van der Waals surface area contributed by atoms with E-state index < -0.39 is 0 Å². The summed E-state index contributed by atoms with van der Waals surface area (Å²) in [6, 6.07) is 0.0983. The van der Waals surface area contributed by atoms with Crippen LogP contribution in [0, 0.1) is 12.8 Å². The Morgan fingerprint density at radius 1 is 1.57 bits per heavy atom. The van der Waals surface area contributed by atoms with Gasteiger partial charge in [-0.05, 0) is 30.2 Å². The van der Waals surface area contributed by atoms with Crippen molar-refractivity contribution >= 4 is 22.9 Å². The Hall–Kier alpha value is -0.0500. The summed E-state index contributed by atoms with van der Waals surface area (Å²) in [5.74, 6) is 0.510. The molecule has 0 amide bonds. The van der Waals surface area contributed by atoms with Gasteiger partial charge in [0, 0.05) is 10.9 Å². The van der Waals surface area contributed by atoms with E-state index in [2.05, 4.69) is 19.2 Å². The van der Waals surface area contributed by atoms with Crippen LogP contribution in [-0.4, -0.2) is 0 Å². The predicted octanol–water partition coefficient (Wildman–Crippen LogP) is 4.15. The maximum atomic E-state index is 6.18. The molecule has 0 bridgehead atoms. The number of hydrogen-bond acceptors (Lipinski definition) is 2. The minimum absolute atomic E-state index is 0.0983. The van der Waals surface area contributed by atoms with Gasteiger partial charge in [-0.3, -0.25) is 0 Å². The maximum Gasteiger partial charge on any atom is 0.0590 e. The molecular formula is C11H18ClNS. The summed E-state index contributed by atoms with van der Waals surface area (Å²) in [5, 5.41) is 2.95. The van der Waals surface area contributed by atoms with E-state index in [1.807, 2.05) is 6.92 Å². The Morgan fingerprint density at radius 2 is 2.21 bits per heavy atom. The second-order valence-electron chi connectivity index (χ2n) is 3.89. The van der Waals surface area contributed by atoms with Gasteiger partial charge in [-0.1, -0.05) is 31.9 Å². The number of rotatable bonds is 4. The first-order valence-corrected chi connectivity index (χ1v) is 6.32. The zero-order valence-electron chi connectivity index (χ0n) is 9.01. The van der Waals surface area contributed by atoms with Crippen molar-refractivity contribution in [1.29, 1.82) is 0 Å².